The Kier molecular flexibility index (Phi) is 8.41. The lowest BCUT2D eigenvalue weighted by molar-refractivity contribution is -0.134. The molecule has 0 aliphatic carbocycles. The highest BCUT2D eigenvalue weighted by Crippen LogP contribution is 2.29. The van der Waals surface area contributed by atoms with E-state index in [1.165, 1.54) is 25.7 Å². The number of rotatable bonds is 8. The Bertz CT molecular complexity index is 771. The molecule has 176 valence electrons. The average Bonchev–Trinajstić information content (AvgIpc) is 3.50. The van der Waals surface area contributed by atoms with Crippen molar-refractivity contribution in [1.29, 1.82) is 0 Å². The lowest BCUT2D eigenvalue weighted by atomic mass is 10.1. The first kappa shape index (κ1) is 23.5. The largest absolute Gasteiger partial charge is 0.353 e. The summed E-state index contributed by atoms with van der Waals surface area (Å²) in [6.07, 6.45) is 4.78. The van der Waals surface area contributed by atoms with Gasteiger partial charge in [-0.15, -0.1) is 0 Å². The summed E-state index contributed by atoms with van der Waals surface area (Å²) in [5, 5.41) is 3.90. The second-order valence-corrected chi connectivity index (χ2v) is 9.63. The van der Waals surface area contributed by atoms with Gasteiger partial charge in [-0.2, -0.15) is 0 Å². The molecule has 0 bridgehead atoms. The van der Waals surface area contributed by atoms with E-state index in [4.69, 9.17) is 11.6 Å². The minimum atomic E-state index is 0.0399. The number of amides is 2. The van der Waals surface area contributed by atoms with Gasteiger partial charge in [0.25, 0.3) is 0 Å². The van der Waals surface area contributed by atoms with Crippen LogP contribution in [0.1, 0.15) is 37.3 Å². The Morgan fingerprint density at radius 3 is 2.16 bits per heavy atom. The molecule has 0 radical (unpaired) electrons. The number of carbonyl (C=O) groups is 2. The van der Waals surface area contributed by atoms with Crippen LogP contribution in [0.3, 0.4) is 0 Å². The summed E-state index contributed by atoms with van der Waals surface area (Å²) in [7, 11) is 0. The first-order chi connectivity index (χ1) is 15.6. The monoisotopic (exact) mass is 461 g/mol. The standard InChI is InChI=1S/C24H36ClN5O2/c25-21-8-2-1-7-20(21)22(29-11-5-6-12-29)17-26-23(31)18-28-13-15-30(16-14-28)24(32)19-27-9-3-4-10-27/h1-2,7-8,22H,3-6,9-19H2,(H,26,31). The van der Waals surface area contributed by atoms with Crippen LogP contribution in [-0.4, -0.2) is 103 Å². The molecule has 3 aliphatic heterocycles. The highest BCUT2D eigenvalue weighted by molar-refractivity contribution is 6.31. The number of likely N-dealkylation sites (tertiary alicyclic amines) is 2. The zero-order valence-electron chi connectivity index (χ0n) is 19.0. The smallest absolute Gasteiger partial charge is 0.236 e. The van der Waals surface area contributed by atoms with E-state index in [1.807, 2.05) is 23.1 Å². The van der Waals surface area contributed by atoms with Crippen LogP contribution in [-0.2, 0) is 9.59 Å². The van der Waals surface area contributed by atoms with Gasteiger partial charge in [0.15, 0.2) is 0 Å². The Balaban J connectivity index is 1.22. The van der Waals surface area contributed by atoms with Gasteiger partial charge in [0.2, 0.25) is 11.8 Å². The third kappa shape index (κ3) is 6.22. The Hall–Kier alpha value is -1.67. The van der Waals surface area contributed by atoms with Crippen LogP contribution in [0.25, 0.3) is 0 Å². The van der Waals surface area contributed by atoms with Crippen LogP contribution in [0.15, 0.2) is 24.3 Å². The van der Waals surface area contributed by atoms with Crippen LogP contribution in [0.4, 0.5) is 0 Å². The molecule has 1 atom stereocenters. The fraction of sp³-hybridized carbons (Fsp3) is 0.667. The second-order valence-electron chi connectivity index (χ2n) is 9.22. The molecule has 0 saturated carbocycles. The van der Waals surface area contributed by atoms with E-state index < -0.39 is 0 Å². The van der Waals surface area contributed by atoms with E-state index in [2.05, 4.69) is 26.1 Å². The number of nitrogens with one attached hydrogen (secondary N) is 1. The molecule has 4 rings (SSSR count). The summed E-state index contributed by atoms with van der Waals surface area (Å²) < 4.78 is 0. The van der Waals surface area contributed by atoms with Gasteiger partial charge in [-0.25, -0.2) is 0 Å². The molecular weight excluding hydrogens is 426 g/mol. The first-order valence-corrected chi connectivity index (χ1v) is 12.5. The lowest BCUT2D eigenvalue weighted by Gasteiger charge is -2.35. The number of hydrogen-bond acceptors (Lipinski definition) is 5. The van der Waals surface area contributed by atoms with Crippen LogP contribution in [0.2, 0.25) is 5.02 Å². The van der Waals surface area contributed by atoms with Gasteiger partial charge < -0.3 is 10.2 Å². The summed E-state index contributed by atoms with van der Waals surface area (Å²) in [5.41, 5.74) is 1.08. The fourth-order valence-corrected chi connectivity index (χ4v) is 5.35. The molecule has 3 aliphatic rings. The lowest BCUT2D eigenvalue weighted by Crippen LogP contribution is -2.53. The van der Waals surface area contributed by atoms with Gasteiger partial charge in [0.1, 0.15) is 0 Å². The molecule has 3 fully saturated rings. The number of nitrogens with zero attached hydrogens (tertiary/aromatic N) is 4. The van der Waals surface area contributed by atoms with Crippen molar-refractivity contribution >= 4 is 23.4 Å². The molecule has 1 aromatic rings. The fourth-order valence-electron chi connectivity index (χ4n) is 5.09. The van der Waals surface area contributed by atoms with Crippen molar-refractivity contribution in [1.82, 2.24) is 24.9 Å². The number of halogens is 1. The molecule has 0 spiro atoms. The van der Waals surface area contributed by atoms with Crippen molar-refractivity contribution in [2.24, 2.45) is 0 Å². The number of hydrogen-bond donors (Lipinski definition) is 1. The van der Waals surface area contributed by atoms with Crippen molar-refractivity contribution in [3.05, 3.63) is 34.9 Å². The summed E-state index contributed by atoms with van der Waals surface area (Å²) in [6.45, 7) is 8.56. The second kappa shape index (κ2) is 11.5. The van der Waals surface area contributed by atoms with Gasteiger partial charge in [-0.3, -0.25) is 24.3 Å². The van der Waals surface area contributed by atoms with Crippen LogP contribution in [0.5, 0.6) is 0 Å². The highest BCUT2D eigenvalue weighted by Gasteiger charge is 2.27. The van der Waals surface area contributed by atoms with E-state index in [0.717, 1.165) is 49.9 Å². The van der Waals surface area contributed by atoms with Gasteiger partial charge in [-0.1, -0.05) is 29.8 Å². The van der Waals surface area contributed by atoms with E-state index in [-0.39, 0.29) is 17.9 Å². The zero-order valence-corrected chi connectivity index (χ0v) is 19.7. The van der Waals surface area contributed by atoms with E-state index in [9.17, 15) is 9.59 Å². The van der Waals surface area contributed by atoms with Gasteiger partial charge in [0.05, 0.1) is 19.1 Å². The average molecular weight is 462 g/mol. The molecule has 1 unspecified atom stereocenters. The van der Waals surface area contributed by atoms with Crippen molar-refractivity contribution in [3.8, 4) is 0 Å². The third-order valence-corrected chi connectivity index (χ3v) is 7.33. The first-order valence-electron chi connectivity index (χ1n) is 12.1. The molecule has 0 aromatic heterocycles. The minimum Gasteiger partial charge on any atom is -0.353 e. The van der Waals surface area contributed by atoms with Crippen LogP contribution < -0.4 is 5.32 Å². The molecule has 8 heteroatoms. The van der Waals surface area contributed by atoms with E-state index in [1.54, 1.807) is 0 Å². The number of carbonyl (C=O) groups excluding carboxylic acids is 2. The summed E-state index contributed by atoms with van der Waals surface area (Å²) >= 11 is 6.48. The van der Waals surface area contributed by atoms with Crippen molar-refractivity contribution in [2.75, 3.05) is 72.0 Å². The van der Waals surface area contributed by atoms with E-state index >= 15 is 0 Å². The molecule has 2 amide bonds. The van der Waals surface area contributed by atoms with Crippen molar-refractivity contribution < 1.29 is 9.59 Å². The summed E-state index contributed by atoms with van der Waals surface area (Å²) in [6, 6.07) is 8.05. The third-order valence-electron chi connectivity index (χ3n) is 6.99. The minimum absolute atomic E-state index is 0.0399. The van der Waals surface area contributed by atoms with E-state index in [0.29, 0.717) is 32.7 Å². The highest BCUT2D eigenvalue weighted by atomic mass is 35.5. The molecule has 1 aromatic carbocycles. The molecular formula is C24H36ClN5O2. The van der Waals surface area contributed by atoms with Gasteiger partial charge in [-0.05, 0) is 63.5 Å². The van der Waals surface area contributed by atoms with Gasteiger partial charge in [0, 0.05) is 37.7 Å². The quantitative estimate of drug-likeness (QED) is 0.640. The molecule has 32 heavy (non-hydrogen) atoms. The maximum atomic E-state index is 12.7. The Morgan fingerprint density at radius 2 is 1.47 bits per heavy atom. The van der Waals surface area contributed by atoms with Crippen molar-refractivity contribution in [2.45, 2.75) is 31.7 Å². The number of benzene rings is 1. The van der Waals surface area contributed by atoms with Crippen LogP contribution in [0, 0.1) is 0 Å². The zero-order chi connectivity index (χ0) is 22.3. The Morgan fingerprint density at radius 1 is 0.844 bits per heavy atom. The molecule has 1 N–H and O–H groups in total. The SMILES string of the molecule is O=C(CN1CCN(C(=O)CN2CCCC2)CC1)NCC(c1ccccc1Cl)N1CCCC1. The normalized spacial score (nSPS) is 21.7. The van der Waals surface area contributed by atoms with Crippen LogP contribution >= 0.6 is 11.6 Å². The predicted octanol–water partition coefficient (Wildman–Crippen LogP) is 1.83. The predicted molar refractivity (Wildman–Crippen MR) is 127 cm³/mol. The maximum absolute atomic E-state index is 12.7. The number of piperazine rings is 1. The van der Waals surface area contributed by atoms with Crippen molar-refractivity contribution in [3.63, 3.8) is 0 Å². The summed E-state index contributed by atoms with van der Waals surface area (Å²) in [5.74, 6) is 0.266. The molecule has 3 saturated heterocycles. The molecule has 7 nitrogen and oxygen atoms in total. The summed E-state index contributed by atoms with van der Waals surface area (Å²) in [4.78, 5) is 34.0. The topological polar surface area (TPSA) is 59.1 Å². The maximum Gasteiger partial charge on any atom is 0.236 e. The Labute approximate surface area is 196 Å². The molecule has 3 heterocycles. The van der Waals surface area contributed by atoms with Gasteiger partial charge >= 0.3 is 0 Å².